The molecule has 0 radical (unpaired) electrons. The molecule has 0 aliphatic rings. The van der Waals surface area contributed by atoms with Crippen LogP contribution in [0.25, 0.3) is 0 Å². The van der Waals surface area contributed by atoms with Crippen LogP contribution in [0.5, 0.6) is 17.2 Å². The zero-order chi connectivity index (χ0) is 15.0. The number of Topliss-reactive ketones (excluding diaryl/α,β-unsaturated/α-hetero) is 1. The number of unbranched alkanes of at least 4 members (excludes halogenated alkanes) is 6. The van der Waals surface area contributed by atoms with Gasteiger partial charge in [-0.05, 0) is 18.6 Å². The van der Waals surface area contributed by atoms with E-state index in [1.54, 1.807) is 0 Å². The van der Waals surface area contributed by atoms with Crippen LogP contribution in [0.4, 0.5) is 0 Å². The summed E-state index contributed by atoms with van der Waals surface area (Å²) < 4.78 is 0. The summed E-state index contributed by atoms with van der Waals surface area (Å²) in [6.07, 6.45) is 8.20. The van der Waals surface area contributed by atoms with Crippen LogP contribution in [0.15, 0.2) is 12.1 Å². The molecule has 4 nitrogen and oxygen atoms in total. The van der Waals surface area contributed by atoms with Gasteiger partial charge in [-0.2, -0.15) is 0 Å². The van der Waals surface area contributed by atoms with Crippen LogP contribution in [0.2, 0.25) is 0 Å². The lowest BCUT2D eigenvalue weighted by molar-refractivity contribution is 0.0975. The number of ketones is 1. The third-order valence-corrected chi connectivity index (χ3v) is 3.44. The number of hydrogen-bond acceptors (Lipinski definition) is 4. The number of hydrogen-bond donors (Lipinski definition) is 3. The molecular weight excluding hydrogens is 256 g/mol. The fourth-order valence-electron chi connectivity index (χ4n) is 2.17. The summed E-state index contributed by atoms with van der Waals surface area (Å²) in [5, 5.41) is 28.2. The van der Waals surface area contributed by atoms with Crippen molar-refractivity contribution in [2.45, 2.75) is 58.3 Å². The van der Waals surface area contributed by atoms with E-state index in [1.165, 1.54) is 37.8 Å². The molecule has 0 unspecified atom stereocenters. The molecule has 0 spiro atoms. The van der Waals surface area contributed by atoms with Gasteiger partial charge in [-0.3, -0.25) is 4.79 Å². The Morgan fingerprint density at radius 1 is 0.900 bits per heavy atom. The van der Waals surface area contributed by atoms with Crippen LogP contribution in [0, 0.1) is 0 Å². The Morgan fingerprint density at radius 3 is 2.15 bits per heavy atom. The van der Waals surface area contributed by atoms with Gasteiger partial charge in [0.05, 0.1) is 5.56 Å². The van der Waals surface area contributed by atoms with Crippen molar-refractivity contribution >= 4 is 5.78 Å². The van der Waals surface area contributed by atoms with Gasteiger partial charge in [0.1, 0.15) is 0 Å². The van der Waals surface area contributed by atoms with Gasteiger partial charge >= 0.3 is 0 Å². The first kappa shape index (κ1) is 16.3. The van der Waals surface area contributed by atoms with Crippen molar-refractivity contribution in [3.8, 4) is 17.2 Å². The first-order valence-electron chi connectivity index (χ1n) is 7.35. The predicted molar refractivity (Wildman–Crippen MR) is 78.4 cm³/mol. The van der Waals surface area contributed by atoms with Gasteiger partial charge in [-0.1, -0.05) is 45.4 Å². The maximum atomic E-state index is 11.9. The second-order valence-corrected chi connectivity index (χ2v) is 5.12. The highest BCUT2D eigenvalue weighted by molar-refractivity contribution is 5.99. The zero-order valence-electron chi connectivity index (χ0n) is 12.1. The largest absolute Gasteiger partial charge is 0.504 e. The number of carbonyl (C=O) groups is 1. The van der Waals surface area contributed by atoms with Gasteiger partial charge in [0.15, 0.2) is 17.3 Å². The average molecular weight is 280 g/mol. The van der Waals surface area contributed by atoms with Crippen LogP contribution >= 0.6 is 0 Å². The molecule has 1 aromatic carbocycles. The van der Waals surface area contributed by atoms with E-state index < -0.39 is 17.2 Å². The summed E-state index contributed by atoms with van der Waals surface area (Å²) in [4.78, 5) is 11.9. The molecular formula is C16H24O4. The molecule has 1 rings (SSSR count). The third-order valence-electron chi connectivity index (χ3n) is 3.44. The molecule has 4 heteroatoms. The van der Waals surface area contributed by atoms with E-state index in [9.17, 15) is 20.1 Å². The summed E-state index contributed by atoms with van der Waals surface area (Å²) in [5.74, 6) is -1.78. The Kier molecular flexibility index (Phi) is 6.91. The van der Waals surface area contributed by atoms with Gasteiger partial charge in [-0.25, -0.2) is 0 Å². The first-order chi connectivity index (χ1) is 9.57. The van der Waals surface area contributed by atoms with E-state index in [-0.39, 0.29) is 11.3 Å². The highest BCUT2D eigenvalue weighted by Crippen LogP contribution is 2.37. The fraction of sp³-hybridized carbons (Fsp3) is 0.562. The number of phenols is 3. The van der Waals surface area contributed by atoms with Gasteiger partial charge in [-0.15, -0.1) is 0 Å². The Balaban J connectivity index is 2.35. The van der Waals surface area contributed by atoms with Crippen molar-refractivity contribution in [2.24, 2.45) is 0 Å². The van der Waals surface area contributed by atoms with E-state index in [0.717, 1.165) is 19.3 Å². The third kappa shape index (κ3) is 4.76. The maximum Gasteiger partial charge on any atom is 0.201 e. The van der Waals surface area contributed by atoms with Crippen molar-refractivity contribution in [2.75, 3.05) is 0 Å². The smallest absolute Gasteiger partial charge is 0.201 e. The minimum Gasteiger partial charge on any atom is -0.504 e. The standard InChI is InChI=1S/C16H24O4/c1-2-3-4-5-6-7-8-9-13(17)12-10-11-14(18)16(20)15(12)19/h10-11,18-20H,2-9H2,1H3. The van der Waals surface area contributed by atoms with E-state index in [4.69, 9.17) is 0 Å². The number of benzene rings is 1. The van der Waals surface area contributed by atoms with Gasteiger partial charge in [0.2, 0.25) is 5.75 Å². The molecule has 0 atom stereocenters. The Bertz CT molecular complexity index is 440. The van der Waals surface area contributed by atoms with Crippen LogP contribution in [-0.2, 0) is 0 Å². The molecule has 0 aliphatic carbocycles. The monoisotopic (exact) mass is 280 g/mol. The second kappa shape index (κ2) is 8.46. The van der Waals surface area contributed by atoms with Crippen molar-refractivity contribution in [1.82, 2.24) is 0 Å². The van der Waals surface area contributed by atoms with Crippen LogP contribution in [-0.4, -0.2) is 21.1 Å². The Labute approximate surface area is 120 Å². The summed E-state index contributed by atoms with van der Waals surface area (Å²) in [6, 6.07) is 2.56. The number of carbonyl (C=O) groups excluding carboxylic acids is 1. The molecule has 0 aromatic heterocycles. The van der Waals surface area contributed by atoms with Crippen LogP contribution in [0.3, 0.4) is 0 Å². The van der Waals surface area contributed by atoms with Crippen molar-refractivity contribution in [3.63, 3.8) is 0 Å². The molecule has 3 N–H and O–H groups in total. The van der Waals surface area contributed by atoms with Gasteiger partial charge in [0, 0.05) is 6.42 Å². The molecule has 0 amide bonds. The van der Waals surface area contributed by atoms with E-state index in [1.807, 2.05) is 0 Å². The minimum absolute atomic E-state index is 0.0753. The van der Waals surface area contributed by atoms with Crippen LogP contribution < -0.4 is 0 Å². The fourth-order valence-corrected chi connectivity index (χ4v) is 2.17. The normalized spacial score (nSPS) is 10.7. The van der Waals surface area contributed by atoms with E-state index >= 15 is 0 Å². The molecule has 112 valence electrons. The lowest BCUT2D eigenvalue weighted by Gasteiger charge is -2.07. The Morgan fingerprint density at radius 2 is 1.50 bits per heavy atom. The van der Waals surface area contributed by atoms with Crippen LogP contribution in [0.1, 0.15) is 68.6 Å². The van der Waals surface area contributed by atoms with E-state index in [2.05, 4.69) is 6.92 Å². The first-order valence-corrected chi connectivity index (χ1v) is 7.35. The molecule has 0 fully saturated rings. The lowest BCUT2D eigenvalue weighted by Crippen LogP contribution is -1.99. The van der Waals surface area contributed by atoms with Crippen molar-refractivity contribution in [3.05, 3.63) is 17.7 Å². The second-order valence-electron chi connectivity index (χ2n) is 5.12. The molecule has 0 aliphatic heterocycles. The topological polar surface area (TPSA) is 77.8 Å². The number of aromatic hydroxyl groups is 3. The highest BCUT2D eigenvalue weighted by atomic mass is 16.3. The van der Waals surface area contributed by atoms with Crippen molar-refractivity contribution < 1.29 is 20.1 Å². The summed E-state index contributed by atoms with van der Waals surface area (Å²) in [6.45, 7) is 2.18. The van der Waals surface area contributed by atoms with E-state index in [0.29, 0.717) is 6.42 Å². The van der Waals surface area contributed by atoms with Crippen molar-refractivity contribution in [1.29, 1.82) is 0 Å². The molecule has 0 heterocycles. The molecule has 20 heavy (non-hydrogen) atoms. The highest BCUT2D eigenvalue weighted by Gasteiger charge is 2.16. The number of phenolic OH excluding ortho intramolecular Hbond substituents is 3. The molecule has 0 saturated heterocycles. The number of rotatable bonds is 9. The maximum absolute atomic E-state index is 11.9. The molecule has 0 bridgehead atoms. The lowest BCUT2D eigenvalue weighted by atomic mass is 10.0. The summed E-state index contributed by atoms with van der Waals surface area (Å²) in [7, 11) is 0. The Hall–Kier alpha value is -1.71. The summed E-state index contributed by atoms with van der Waals surface area (Å²) >= 11 is 0. The predicted octanol–water partition coefficient (Wildman–Crippen LogP) is 4.13. The van der Waals surface area contributed by atoms with Gasteiger partial charge < -0.3 is 15.3 Å². The SMILES string of the molecule is CCCCCCCCCC(=O)c1ccc(O)c(O)c1O. The average Bonchev–Trinajstić information content (AvgIpc) is 2.43. The molecule has 0 saturated carbocycles. The minimum atomic E-state index is -0.629. The van der Waals surface area contributed by atoms with Gasteiger partial charge in [0.25, 0.3) is 0 Å². The zero-order valence-corrected chi connectivity index (χ0v) is 12.1. The summed E-state index contributed by atoms with van der Waals surface area (Å²) in [5.41, 5.74) is 0.0753. The quantitative estimate of drug-likeness (QED) is 0.361. The molecule has 1 aromatic rings.